The van der Waals surface area contributed by atoms with E-state index in [1.807, 2.05) is 25.1 Å². The molecule has 32 heavy (non-hydrogen) atoms. The first-order chi connectivity index (χ1) is 15.5. The molecule has 1 N–H and O–H groups in total. The Morgan fingerprint density at radius 3 is 2.84 bits per heavy atom. The van der Waals surface area contributed by atoms with Crippen LogP contribution in [0, 0.1) is 0 Å². The van der Waals surface area contributed by atoms with Crippen LogP contribution in [-0.2, 0) is 33.6 Å². The molecule has 4 aliphatic heterocycles. The van der Waals surface area contributed by atoms with Gasteiger partial charge in [-0.15, -0.1) is 0 Å². The predicted molar refractivity (Wildman–Crippen MR) is 117 cm³/mol. The first kappa shape index (κ1) is 19.0. The van der Waals surface area contributed by atoms with Crippen LogP contribution < -0.4 is 15.0 Å². The molecule has 1 fully saturated rings. The zero-order valence-corrected chi connectivity index (χ0v) is 18.8. The lowest BCUT2D eigenvalue weighted by Crippen LogP contribution is -2.36. The molecule has 8 nitrogen and oxygen atoms in total. The minimum Gasteiger partial charge on any atom is -0.454 e. The van der Waals surface area contributed by atoms with Crippen LogP contribution in [0.5, 0.6) is 11.5 Å². The van der Waals surface area contributed by atoms with E-state index < -0.39 is 18.0 Å². The zero-order valence-electron chi connectivity index (χ0n) is 17.2. The smallest absolute Gasteiger partial charge is 0.257 e. The number of aliphatic hydroxyl groups is 1. The molecule has 9 heteroatoms. The molecule has 0 bridgehead atoms. The summed E-state index contributed by atoms with van der Waals surface area (Å²) >= 11 is 3.63. The molecule has 0 radical (unpaired) electrons. The zero-order chi connectivity index (χ0) is 21.8. The number of benzene rings is 1. The molecule has 7 rings (SSSR count). The minimum atomic E-state index is -1.27. The van der Waals surface area contributed by atoms with E-state index in [1.165, 1.54) is 0 Å². The van der Waals surface area contributed by atoms with Gasteiger partial charge in [0.15, 0.2) is 17.8 Å². The summed E-state index contributed by atoms with van der Waals surface area (Å²) in [6.07, 6.45) is -0.508. The SMILES string of the molecule is CC[C@]1(O)c2cc3n(c(=O)c2COC2OC21)Cc1c-3nc2cc3c(cc2c1CBr)OCO3. The number of halogens is 1. The van der Waals surface area contributed by atoms with Crippen LogP contribution in [0.25, 0.3) is 22.3 Å². The molecular formula is C23H19BrN2O6. The summed E-state index contributed by atoms with van der Waals surface area (Å²) in [5.41, 5.74) is 3.95. The fourth-order valence-electron chi connectivity index (χ4n) is 5.29. The van der Waals surface area contributed by atoms with E-state index >= 15 is 0 Å². The van der Waals surface area contributed by atoms with Gasteiger partial charge in [-0.25, -0.2) is 4.98 Å². The van der Waals surface area contributed by atoms with Gasteiger partial charge in [-0.2, -0.15) is 0 Å². The summed E-state index contributed by atoms with van der Waals surface area (Å²) in [5.74, 6) is 1.36. The Bertz CT molecular complexity index is 1400. The maximum atomic E-state index is 13.6. The van der Waals surface area contributed by atoms with Gasteiger partial charge in [-0.1, -0.05) is 22.9 Å². The minimum absolute atomic E-state index is 0.121. The molecule has 164 valence electrons. The van der Waals surface area contributed by atoms with Gasteiger partial charge in [0, 0.05) is 27.9 Å². The van der Waals surface area contributed by atoms with Crippen molar-refractivity contribution in [3.63, 3.8) is 0 Å². The van der Waals surface area contributed by atoms with Gasteiger partial charge in [-0.05, 0) is 29.7 Å². The number of aromatic nitrogens is 2. The Labute approximate surface area is 190 Å². The number of pyridine rings is 2. The highest BCUT2D eigenvalue weighted by molar-refractivity contribution is 9.08. The highest BCUT2D eigenvalue weighted by Crippen LogP contribution is 2.48. The molecule has 2 unspecified atom stereocenters. The lowest BCUT2D eigenvalue weighted by Gasteiger charge is -2.27. The van der Waals surface area contributed by atoms with E-state index in [0.717, 1.165) is 27.7 Å². The first-order valence-electron chi connectivity index (χ1n) is 10.6. The third-order valence-corrected chi connectivity index (χ3v) is 7.67. The van der Waals surface area contributed by atoms with Crippen LogP contribution in [0.3, 0.4) is 0 Å². The third-order valence-electron chi connectivity index (χ3n) is 7.11. The number of hydrogen-bond acceptors (Lipinski definition) is 7. The molecule has 0 amide bonds. The van der Waals surface area contributed by atoms with Crippen molar-refractivity contribution in [1.82, 2.24) is 9.55 Å². The van der Waals surface area contributed by atoms with Crippen LogP contribution in [0.2, 0.25) is 0 Å². The van der Waals surface area contributed by atoms with Crippen molar-refractivity contribution in [2.24, 2.45) is 0 Å². The Morgan fingerprint density at radius 2 is 2.06 bits per heavy atom. The average Bonchev–Trinajstić information content (AvgIpc) is 3.32. The van der Waals surface area contributed by atoms with Crippen molar-refractivity contribution < 1.29 is 24.1 Å². The van der Waals surface area contributed by atoms with Gasteiger partial charge in [-0.3, -0.25) is 4.79 Å². The standard InChI is InChI=1S/C23H19BrN2O6/c1-2-23(28)14-4-16-19-12(7-26(16)21(27)13(14)8-29-22-20(23)32-22)11(6-24)10-3-17-18(31-9-30-17)5-15(10)25-19/h3-5,20,22,28H,2,6-9H2,1H3/t20?,22?,23-/m0/s1. The van der Waals surface area contributed by atoms with E-state index in [9.17, 15) is 9.90 Å². The Balaban J connectivity index is 1.50. The lowest BCUT2D eigenvalue weighted by molar-refractivity contribution is 0.00170. The Morgan fingerprint density at radius 1 is 1.25 bits per heavy atom. The molecule has 0 saturated carbocycles. The van der Waals surface area contributed by atoms with Crippen molar-refractivity contribution in [1.29, 1.82) is 0 Å². The molecule has 3 atom stereocenters. The number of fused-ring (bicyclic) bond motifs is 7. The fourth-order valence-corrected chi connectivity index (χ4v) is 5.93. The molecule has 1 saturated heterocycles. The number of alkyl halides is 1. The van der Waals surface area contributed by atoms with Gasteiger partial charge in [0.05, 0.1) is 30.1 Å². The monoisotopic (exact) mass is 498 g/mol. The van der Waals surface area contributed by atoms with E-state index in [2.05, 4.69) is 15.9 Å². The van der Waals surface area contributed by atoms with Crippen LogP contribution in [-0.4, -0.2) is 33.8 Å². The lowest BCUT2D eigenvalue weighted by atomic mass is 9.85. The molecule has 2 aromatic heterocycles. The molecule has 6 heterocycles. The molecule has 0 spiro atoms. The van der Waals surface area contributed by atoms with Crippen molar-refractivity contribution in [3.8, 4) is 22.9 Å². The first-order valence-corrected chi connectivity index (χ1v) is 11.7. The molecular weight excluding hydrogens is 480 g/mol. The summed E-state index contributed by atoms with van der Waals surface area (Å²) in [7, 11) is 0. The highest BCUT2D eigenvalue weighted by Gasteiger charge is 2.58. The molecule has 0 aliphatic carbocycles. The summed E-state index contributed by atoms with van der Waals surface area (Å²) in [4.78, 5) is 18.5. The van der Waals surface area contributed by atoms with Crippen molar-refractivity contribution in [2.45, 2.75) is 49.8 Å². The maximum Gasteiger partial charge on any atom is 0.257 e. The Hall–Kier alpha value is -2.46. The molecule has 3 aromatic rings. The van der Waals surface area contributed by atoms with Crippen molar-refractivity contribution in [3.05, 3.63) is 50.8 Å². The second kappa shape index (κ2) is 6.32. The van der Waals surface area contributed by atoms with E-state index in [4.69, 9.17) is 23.9 Å². The van der Waals surface area contributed by atoms with Crippen molar-refractivity contribution >= 4 is 26.8 Å². The Kier molecular flexibility index (Phi) is 3.76. The summed E-state index contributed by atoms with van der Waals surface area (Å²) in [5, 5.41) is 13.1. The third kappa shape index (κ3) is 2.31. The van der Waals surface area contributed by atoms with E-state index in [-0.39, 0.29) is 19.0 Å². The van der Waals surface area contributed by atoms with Gasteiger partial charge in [0.25, 0.3) is 5.56 Å². The maximum absolute atomic E-state index is 13.6. The van der Waals surface area contributed by atoms with Crippen LogP contribution in [0.1, 0.15) is 35.6 Å². The number of rotatable bonds is 2. The fraction of sp³-hybridized carbons (Fsp3) is 0.391. The normalized spacial score (nSPS) is 26.3. The summed E-state index contributed by atoms with van der Waals surface area (Å²) in [6.45, 7) is 2.63. The second-order valence-electron chi connectivity index (χ2n) is 8.60. The quantitative estimate of drug-likeness (QED) is 0.335. The largest absolute Gasteiger partial charge is 0.454 e. The average molecular weight is 499 g/mol. The molecule has 4 aliphatic rings. The van der Waals surface area contributed by atoms with Gasteiger partial charge in [0.2, 0.25) is 6.79 Å². The topological polar surface area (TPSA) is 95.3 Å². The molecule has 1 aromatic carbocycles. The predicted octanol–water partition coefficient (Wildman–Crippen LogP) is 2.90. The van der Waals surface area contributed by atoms with Crippen LogP contribution >= 0.6 is 15.9 Å². The number of hydrogen-bond donors (Lipinski definition) is 1. The summed E-state index contributed by atoms with van der Waals surface area (Å²) in [6, 6.07) is 5.74. The van der Waals surface area contributed by atoms with Gasteiger partial charge < -0.3 is 28.6 Å². The van der Waals surface area contributed by atoms with E-state index in [1.54, 1.807) is 4.57 Å². The number of nitrogens with zero attached hydrogens (tertiary/aromatic N) is 2. The highest BCUT2D eigenvalue weighted by atomic mass is 79.9. The second-order valence-corrected chi connectivity index (χ2v) is 9.16. The van der Waals surface area contributed by atoms with Gasteiger partial charge >= 0.3 is 0 Å². The number of epoxide rings is 1. The summed E-state index contributed by atoms with van der Waals surface area (Å²) < 4.78 is 24.1. The van der Waals surface area contributed by atoms with Crippen molar-refractivity contribution in [2.75, 3.05) is 6.79 Å². The van der Waals surface area contributed by atoms with Crippen LogP contribution in [0.4, 0.5) is 0 Å². The van der Waals surface area contributed by atoms with E-state index in [0.29, 0.717) is 46.6 Å². The van der Waals surface area contributed by atoms with Crippen LogP contribution in [0.15, 0.2) is 23.0 Å². The number of ether oxygens (including phenoxy) is 4. The van der Waals surface area contributed by atoms with Gasteiger partial charge in [0.1, 0.15) is 11.7 Å².